The Balaban J connectivity index is 0.00000353. The van der Waals surface area contributed by atoms with E-state index in [4.69, 9.17) is 4.98 Å². The summed E-state index contributed by atoms with van der Waals surface area (Å²) < 4.78 is 28.9. The van der Waals surface area contributed by atoms with Crippen LogP contribution in [-0.4, -0.2) is 63.5 Å². The Bertz CT molecular complexity index is 1530. The number of benzene rings is 3. The fourth-order valence-electron chi connectivity index (χ4n) is 4.42. The van der Waals surface area contributed by atoms with Crippen LogP contribution in [-0.2, 0) is 10.0 Å². The molecule has 0 unspecified atom stereocenters. The number of piperazine rings is 1. The van der Waals surface area contributed by atoms with E-state index >= 15 is 0 Å². The van der Waals surface area contributed by atoms with Crippen LogP contribution < -0.4 is 14.9 Å². The number of aryl methyl sites for hydroxylation is 2. The zero-order chi connectivity index (χ0) is 26.7. The number of thiazole rings is 1. The van der Waals surface area contributed by atoms with Gasteiger partial charge in [-0.3, -0.25) is 14.4 Å². The van der Waals surface area contributed by atoms with Crippen molar-refractivity contribution in [3.05, 3.63) is 83.4 Å². The number of sulfonamides is 1. The highest BCUT2D eigenvalue weighted by Crippen LogP contribution is 2.31. The van der Waals surface area contributed by atoms with Crippen molar-refractivity contribution in [3.8, 4) is 0 Å². The van der Waals surface area contributed by atoms with Crippen LogP contribution in [0.5, 0.6) is 0 Å². The molecule has 5 rings (SSSR count). The first-order valence-corrected chi connectivity index (χ1v) is 14.9. The van der Waals surface area contributed by atoms with Crippen LogP contribution in [0.15, 0.2) is 71.6 Å². The smallest absolute Gasteiger partial charge is 0.261 e. The number of anilines is 2. The lowest BCUT2D eigenvalue weighted by molar-refractivity contribution is 0.0948. The zero-order valence-electron chi connectivity index (χ0n) is 21.9. The number of halogens is 1. The molecule has 1 fully saturated rings. The Morgan fingerprint density at radius 2 is 1.64 bits per heavy atom. The SMILES string of the molecule is Cc1ccc(S(=O)(=O)Nc2ccc(C(=O)NCCN3CCN(c4nc5c(C)cccc5s4)CC3)cc2)cc1.Cl. The van der Waals surface area contributed by atoms with E-state index < -0.39 is 10.0 Å². The standard InChI is InChI=1S/C28H31N5O3S2.ClH/c1-20-6-12-24(13-7-20)38(35,36)31-23-10-8-22(9-11-23)27(34)29-14-15-32-16-18-33(19-17-32)28-30-26-21(2)4-3-5-25(26)37-28;/h3-13,31H,14-19H2,1-2H3,(H,29,34);1H. The average molecular weight is 586 g/mol. The Labute approximate surface area is 239 Å². The van der Waals surface area contributed by atoms with Crippen LogP contribution >= 0.6 is 23.7 Å². The monoisotopic (exact) mass is 585 g/mol. The number of para-hydroxylation sites is 1. The highest BCUT2D eigenvalue weighted by molar-refractivity contribution is 7.92. The molecule has 3 aromatic carbocycles. The van der Waals surface area contributed by atoms with E-state index in [0.717, 1.165) is 48.9 Å². The molecule has 0 aliphatic carbocycles. The summed E-state index contributed by atoms with van der Waals surface area (Å²) in [5.41, 5.74) is 4.18. The molecule has 0 spiro atoms. The summed E-state index contributed by atoms with van der Waals surface area (Å²) in [6.45, 7) is 8.97. The van der Waals surface area contributed by atoms with Crippen molar-refractivity contribution in [2.24, 2.45) is 0 Å². The van der Waals surface area contributed by atoms with Gasteiger partial charge in [0.2, 0.25) is 0 Å². The van der Waals surface area contributed by atoms with Crippen LogP contribution in [0.2, 0.25) is 0 Å². The summed E-state index contributed by atoms with van der Waals surface area (Å²) in [6.07, 6.45) is 0. The minimum Gasteiger partial charge on any atom is -0.351 e. The molecular formula is C28H32ClN5O3S2. The van der Waals surface area contributed by atoms with Gasteiger partial charge >= 0.3 is 0 Å². The van der Waals surface area contributed by atoms with Gasteiger partial charge < -0.3 is 10.2 Å². The molecule has 0 saturated carbocycles. The predicted octanol–water partition coefficient (Wildman–Crippen LogP) is 4.69. The molecule has 1 aliphatic heterocycles. The van der Waals surface area contributed by atoms with Gasteiger partial charge in [-0.25, -0.2) is 13.4 Å². The van der Waals surface area contributed by atoms with Crippen LogP contribution in [0.1, 0.15) is 21.5 Å². The summed E-state index contributed by atoms with van der Waals surface area (Å²) in [5, 5.41) is 4.04. The third-order valence-electron chi connectivity index (χ3n) is 6.70. The molecule has 1 saturated heterocycles. The number of nitrogens with one attached hydrogen (secondary N) is 2. The van der Waals surface area contributed by atoms with Crippen molar-refractivity contribution in [1.82, 2.24) is 15.2 Å². The number of amides is 1. The van der Waals surface area contributed by atoms with E-state index in [1.165, 1.54) is 10.3 Å². The summed E-state index contributed by atoms with van der Waals surface area (Å²) in [7, 11) is -3.68. The van der Waals surface area contributed by atoms with E-state index in [-0.39, 0.29) is 23.2 Å². The van der Waals surface area contributed by atoms with Crippen molar-refractivity contribution in [1.29, 1.82) is 0 Å². The fourth-order valence-corrected chi connectivity index (χ4v) is 6.58. The second-order valence-electron chi connectivity index (χ2n) is 9.50. The predicted molar refractivity (Wildman–Crippen MR) is 161 cm³/mol. The van der Waals surface area contributed by atoms with Crippen molar-refractivity contribution in [2.75, 3.05) is 48.9 Å². The molecule has 4 aromatic rings. The van der Waals surface area contributed by atoms with Gasteiger partial charge in [0, 0.05) is 50.5 Å². The van der Waals surface area contributed by atoms with Gasteiger partial charge in [-0.2, -0.15) is 0 Å². The minimum atomic E-state index is -3.68. The van der Waals surface area contributed by atoms with E-state index in [9.17, 15) is 13.2 Å². The number of fused-ring (bicyclic) bond motifs is 1. The lowest BCUT2D eigenvalue weighted by Gasteiger charge is -2.34. The zero-order valence-corrected chi connectivity index (χ0v) is 24.3. The van der Waals surface area contributed by atoms with Gasteiger partial charge in [0.1, 0.15) is 0 Å². The van der Waals surface area contributed by atoms with E-state index in [1.807, 2.05) is 6.92 Å². The van der Waals surface area contributed by atoms with Gasteiger partial charge in [-0.05, 0) is 61.9 Å². The van der Waals surface area contributed by atoms with Crippen molar-refractivity contribution < 1.29 is 13.2 Å². The van der Waals surface area contributed by atoms with Gasteiger partial charge in [0.05, 0.1) is 15.1 Å². The quantitative estimate of drug-likeness (QED) is 0.312. The topological polar surface area (TPSA) is 94.6 Å². The molecule has 2 N–H and O–H groups in total. The first-order valence-electron chi connectivity index (χ1n) is 12.6. The largest absolute Gasteiger partial charge is 0.351 e. The molecule has 1 aromatic heterocycles. The molecule has 8 nitrogen and oxygen atoms in total. The molecule has 206 valence electrons. The Morgan fingerprint density at radius 1 is 0.949 bits per heavy atom. The number of nitrogens with zero attached hydrogens (tertiary/aromatic N) is 3. The molecular weight excluding hydrogens is 554 g/mol. The second-order valence-corrected chi connectivity index (χ2v) is 12.2. The fraction of sp³-hybridized carbons (Fsp3) is 0.286. The van der Waals surface area contributed by atoms with Gasteiger partial charge in [-0.15, -0.1) is 12.4 Å². The van der Waals surface area contributed by atoms with E-state index in [2.05, 4.69) is 45.0 Å². The first-order chi connectivity index (χ1) is 18.3. The Kier molecular flexibility index (Phi) is 9.12. The number of aromatic nitrogens is 1. The molecule has 0 atom stereocenters. The third kappa shape index (κ3) is 6.88. The van der Waals surface area contributed by atoms with Crippen molar-refractivity contribution in [2.45, 2.75) is 18.7 Å². The molecule has 0 radical (unpaired) electrons. The number of carbonyl (C=O) groups excluding carboxylic acids is 1. The van der Waals surface area contributed by atoms with E-state index in [1.54, 1.807) is 59.9 Å². The van der Waals surface area contributed by atoms with Gasteiger partial charge in [0.25, 0.3) is 15.9 Å². The maximum absolute atomic E-state index is 12.6. The molecule has 1 amide bonds. The first kappa shape index (κ1) is 28.8. The number of rotatable bonds is 8. The number of carbonyl (C=O) groups is 1. The average Bonchev–Trinajstić information content (AvgIpc) is 3.35. The highest BCUT2D eigenvalue weighted by atomic mass is 35.5. The minimum absolute atomic E-state index is 0. The lowest BCUT2D eigenvalue weighted by Crippen LogP contribution is -2.48. The number of hydrogen-bond donors (Lipinski definition) is 2. The van der Waals surface area contributed by atoms with E-state index in [0.29, 0.717) is 17.8 Å². The maximum atomic E-state index is 12.6. The normalized spacial score (nSPS) is 14.2. The van der Waals surface area contributed by atoms with Crippen LogP contribution in [0, 0.1) is 13.8 Å². The highest BCUT2D eigenvalue weighted by Gasteiger charge is 2.20. The molecule has 2 heterocycles. The van der Waals surface area contributed by atoms with Crippen LogP contribution in [0.4, 0.5) is 10.8 Å². The Morgan fingerprint density at radius 3 is 2.31 bits per heavy atom. The second kappa shape index (κ2) is 12.3. The van der Waals surface area contributed by atoms with Crippen LogP contribution in [0.25, 0.3) is 10.2 Å². The summed E-state index contributed by atoms with van der Waals surface area (Å²) in [5.74, 6) is -0.179. The summed E-state index contributed by atoms with van der Waals surface area (Å²) in [4.78, 5) is 22.3. The molecule has 0 bridgehead atoms. The Hall–Kier alpha value is -3.18. The number of hydrogen-bond acceptors (Lipinski definition) is 7. The molecule has 11 heteroatoms. The summed E-state index contributed by atoms with van der Waals surface area (Å²) in [6, 6.07) is 19.4. The third-order valence-corrected chi connectivity index (χ3v) is 9.18. The lowest BCUT2D eigenvalue weighted by atomic mass is 10.2. The summed E-state index contributed by atoms with van der Waals surface area (Å²) >= 11 is 1.74. The molecule has 1 aliphatic rings. The van der Waals surface area contributed by atoms with Crippen molar-refractivity contribution in [3.63, 3.8) is 0 Å². The maximum Gasteiger partial charge on any atom is 0.261 e. The van der Waals surface area contributed by atoms with Crippen molar-refractivity contribution >= 4 is 60.7 Å². The molecule has 39 heavy (non-hydrogen) atoms. The van der Waals surface area contributed by atoms with Gasteiger partial charge in [-0.1, -0.05) is 41.2 Å². The van der Waals surface area contributed by atoms with Gasteiger partial charge in [0.15, 0.2) is 5.13 Å². The van der Waals surface area contributed by atoms with Crippen LogP contribution in [0.3, 0.4) is 0 Å².